The van der Waals surface area contributed by atoms with E-state index in [0.29, 0.717) is 5.75 Å². The van der Waals surface area contributed by atoms with Crippen LogP contribution in [-0.4, -0.2) is 45.0 Å². The minimum absolute atomic E-state index is 0.0132. The van der Waals surface area contributed by atoms with E-state index in [0.717, 1.165) is 5.56 Å². The molecule has 0 aliphatic carbocycles. The number of nitrogens with zero attached hydrogens (tertiary/aromatic N) is 1. The monoisotopic (exact) mass is 357 g/mol. The van der Waals surface area contributed by atoms with Gasteiger partial charge in [-0.25, -0.2) is 8.42 Å². The van der Waals surface area contributed by atoms with Crippen LogP contribution in [-0.2, 0) is 19.6 Å². The number of rotatable bonds is 8. The molecule has 0 amide bonds. The summed E-state index contributed by atoms with van der Waals surface area (Å²) in [5, 5.41) is 0. The fraction of sp³-hybridized carbons (Fsp3) is 0.588. The Balaban J connectivity index is 3.08. The average molecular weight is 357 g/mol. The van der Waals surface area contributed by atoms with Gasteiger partial charge in [0, 0.05) is 13.1 Å². The van der Waals surface area contributed by atoms with Crippen LogP contribution in [0.5, 0.6) is 5.75 Å². The molecular weight excluding hydrogens is 330 g/mol. The lowest BCUT2D eigenvalue weighted by Crippen LogP contribution is -2.37. The van der Waals surface area contributed by atoms with Gasteiger partial charge in [-0.3, -0.25) is 4.79 Å². The summed E-state index contributed by atoms with van der Waals surface area (Å²) in [4.78, 5) is 11.8. The van der Waals surface area contributed by atoms with Crippen LogP contribution in [0, 0.1) is 12.8 Å². The molecule has 0 bridgehead atoms. The van der Waals surface area contributed by atoms with Crippen molar-refractivity contribution in [2.75, 3.05) is 20.2 Å². The summed E-state index contributed by atoms with van der Waals surface area (Å²) in [5.74, 6) is -0.301. The number of ether oxygens (including phenoxy) is 2. The molecule has 0 heterocycles. The number of carbonyl (C=O) groups is 1. The second-order valence-electron chi connectivity index (χ2n) is 5.97. The Hall–Kier alpha value is -1.60. The Morgan fingerprint density at radius 2 is 1.88 bits per heavy atom. The SMILES string of the molecule is CCN(CC(C)C(=O)OC)S(=O)(=O)c1ccc(OC(C)C)c(C)c1. The van der Waals surface area contributed by atoms with Crippen molar-refractivity contribution in [3.8, 4) is 5.75 Å². The first-order valence-electron chi connectivity index (χ1n) is 7.98. The molecule has 136 valence electrons. The molecule has 0 radical (unpaired) electrons. The molecule has 0 N–H and O–H groups in total. The molecule has 0 aromatic heterocycles. The zero-order valence-electron chi connectivity index (χ0n) is 15.2. The Bertz CT molecular complexity index is 670. The lowest BCUT2D eigenvalue weighted by Gasteiger charge is -2.23. The van der Waals surface area contributed by atoms with Crippen LogP contribution in [0.4, 0.5) is 0 Å². The molecule has 1 rings (SSSR count). The first-order valence-corrected chi connectivity index (χ1v) is 9.42. The Morgan fingerprint density at radius 1 is 1.25 bits per heavy atom. The highest BCUT2D eigenvalue weighted by Crippen LogP contribution is 2.25. The Labute approximate surface area is 144 Å². The van der Waals surface area contributed by atoms with E-state index in [9.17, 15) is 13.2 Å². The summed E-state index contributed by atoms with van der Waals surface area (Å²) in [5.41, 5.74) is 0.752. The van der Waals surface area contributed by atoms with Crippen molar-refractivity contribution in [1.29, 1.82) is 0 Å². The van der Waals surface area contributed by atoms with Crippen LogP contribution >= 0.6 is 0 Å². The van der Waals surface area contributed by atoms with Crippen molar-refractivity contribution < 1.29 is 22.7 Å². The molecule has 0 saturated heterocycles. The molecule has 0 aliphatic rings. The number of methoxy groups -OCH3 is 1. The van der Waals surface area contributed by atoms with Gasteiger partial charge in [0.05, 0.1) is 24.0 Å². The minimum Gasteiger partial charge on any atom is -0.491 e. The van der Waals surface area contributed by atoms with Gasteiger partial charge in [-0.15, -0.1) is 0 Å². The lowest BCUT2D eigenvalue weighted by atomic mass is 10.2. The second kappa shape index (κ2) is 8.48. The van der Waals surface area contributed by atoms with Gasteiger partial charge in [-0.2, -0.15) is 4.31 Å². The normalized spacial score (nSPS) is 13.2. The highest BCUT2D eigenvalue weighted by atomic mass is 32.2. The maximum atomic E-state index is 12.8. The molecule has 6 nitrogen and oxygen atoms in total. The first kappa shape index (κ1) is 20.4. The summed E-state index contributed by atoms with van der Waals surface area (Å²) in [6.07, 6.45) is 0.0132. The van der Waals surface area contributed by atoms with Gasteiger partial charge in [-0.1, -0.05) is 13.8 Å². The molecule has 1 unspecified atom stereocenters. The maximum Gasteiger partial charge on any atom is 0.309 e. The van der Waals surface area contributed by atoms with Crippen LogP contribution in [0.15, 0.2) is 23.1 Å². The van der Waals surface area contributed by atoms with Crippen molar-refractivity contribution in [2.45, 2.75) is 45.6 Å². The predicted octanol–water partition coefficient (Wildman–Crippen LogP) is 2.60. The number of hydrogen-bond acceptors (Lipinski definition) is 5. The molecule has 1 aromatic rings. The van der Waals surface area contributed by atoms with Crippen LogP contribution in [0.25, 0.3) is 0 Å². The second-order valence-corrected chi connectivity index (χ2v) is 7.91. The van der Waals surface area contributed by atoms with E-state index in [1.807, 2.05) is 20.8 Å². The van der Waals surface area contributed by atoms with E-state index >= 15 is 0 Å². The number of aryl methyl sites for hydroxylation is 1. The fourth-order valence-corrected chi connectivity index (χ4v) is 3.92. The van der Waals surface area contributed by atoms with Crippen molar-refractivity contribution >= 4 is 16.0 Å². The van der Waals surface area contributed by atoms with E-state index in [4.69, 9.17) is 4.74 Å². The molecule has 7 heteroatoms. The summed E-state index contributed by atoms with van der Waals surface area (Å²) < 4.78 is 37.3. The zero-order chi connectivity index (χ0) is 18.5. The molecule has 1 atom stereocenters. The predicted molar refractivity (Wildman–Crippen MR) is 92.6 cm³/mol. The third-order valence-corrected chi connectivity index (χ3v) is 5.52. The lowest BCUT2D eigenvalue weighted by molar-refractivity contribution is -0.145. The summed E-state index contributed by atoms with van der Waals surface area (Å²) in [6.45, 7) is 9.37. The van der Waals surface area contributed by atoms with Crippen molar-refractivity contribution in [3.63, 3.8) is 0 Å². The standard InChI is InChI=1S/C17H27NO5S/c1-7-18(11-14(5)17(19)22-6)24(20,21)15-8-9-16(13(4)10-15)23-12(2)3/h8-10,12,14H,7,11H2,1-6H3. The van der Waals surface area contributed by atoms with E-state index in [1.54, 1.807) is 26.0 Å². The largest absolute Gasteiger partial charge is 0.491 e. The first-order chi connectivity index (χ1) is 11.1. The van der Waals surface area contributed by atoms with Crippen molar-refractivity contribution in [1.82, 2.24) is 4.31 Å². The van der Waals surface area contributed by atoms with Gasteiger partial charge in [0.25, 0.3) is 0 Å². The molecule has 0 fully saturated rings. The van der Waals surface area contributed by atoms with Gasteiger partial charge < -0.3 is 9.47 Å². The van der Waals surface area contributed by atoms with E-state index in [2.05, 4.69) is 4.74 Å². The fourth-order valence-electron chi connectivity index (χ4n) is 2.30. The van der Waals surface area contributed by atoms with Crippen molar-refractivity contribution in [2.24, 2.45) is 5.92 Å². The summed E-state index contributed by atoms with van der Waals surface area (Å²) >= 11 is 0. The van der Waals surface area contributed by atoms with E-state index in [-0.39, 0.29) is 24.1 Å². The van der Waals surface area contributed by atoms with Crippen LogP contribution < -0.4 is 4.74 Å². The highest BCUT2D eigenvalue weighted by Gasteiger charge is 2.27. The van der Waals surface area contributed by atoms with Gasteiger partial charge in [-0.05, 0) is 44.5 Å². The molecule has 1 aromatic carbocycles. The van der Waals surface area contributed by atoms with Gasteiger partial charge in [0.2, 0.25) is 10.0 Å². The van der Waals surface area contributed by atoms with Crippen LogP contribution in [0.1, 0.15) is 33.3 Å². The molecule has 24 heavy (non-hydrogen) atoms. The van der Waals surface area contributed by atoms with Gasteiger partial charge in [0.15, 0.2) is 0 Å². The number of benzene rings is 1. The topological polar surface area (TPSA) is 72.9 Å². The Kier molecular flexibility index (Phi) is 7.23. The average Bonchev–Trinajstić information content (AvgIpc) is 2.52. The number of sulfonamides is 1. The van der Waals surface area contributed by atoms with Crippen LogP contribution in [0.3, 0.4) is 0 Å². The molecule has 0 saturated carbocycles. The summed E-state index contributed by atoms with van der Waals surface area (Å²) in [7, 11) is -2.39. The number of hydrogen-bond donors (Lipinski definition) is 0. The van der Waals surface area contributed by atoms with E-state index < -0.39 is 21.9 Å². The zero-order valence-corrected chi connectivity index (χ0v) is 16.0. The smallest absolute Gasteiger partial charge is 0.309 e. The molecular formula is C17H27NO5S. The van der Waals surface area contributed by atoms with Crippen molar-refractivity contribution in [3.05, 3.63) is 23.8 Å². The third-order valence-electron chi connectivity index (χ3n) is 3.58. The number of carbonyl (C=O) groups excluding carboxylic acids is 1. The minimum atomic E-state index is -3.69. The van der Waals surface area contributed by atoms with Gasteiger partial charge >= 0.3 is 5.97 Å². The Morgan fingerprint density at radius 3 is 2.33 bits per heavy atom. The highest BCUT2D eigenvalue weighted by molar-refractivity contribution is 7.89. The van der Waals surface area contributed by atoms with Crippen LogP contribution in [0.2, 0.25) is 0 Å². The molecule has 0 spiro atoms. The summed E-state index contributed by atoms with van der Waals surface area (Å²) in [6, 6.07) is 4.80. The third kappa shape index (κ3) is 4.95. The molecule has 0 aliphatic heterocycles. The van der Waals surface area contributed by atoms with E-state index in [1.165, 1.54) is 17.5 Å². The quantitative estimate of drug-likeness (QED) is 0.669. The van der Waals surface area contributed by atoms with Gasteiger partial charge in [0.1, 0.15) is 5.75 Å². The maximum absolute atomic E-state index is 12.8. The number of esters is 1.